The summed E-state index contributed by atoms with van der Waals surface area (Å²) in [6, 6.07) is 0. The predicted molar refractivity (Wildman–Crippen MR) is 93.1 cm³/mol. The van der Waals surface area contributed by atoms with Crippen molar-refractivity contribution in [1.29, 1.82) is 0 Å². The summed E-state index contributed by atoms with van der Waals surface area (Å²) in [4.78, 5) is 26.2. The highest BCUT2D eigenvalue weighted by Crippen LogP contribution is 2.21. The number of hydrogen-bond donors (Lipinski definition) is 0. The van der Waals surface area contributed by atoms with Crippen molar-refractivity contribution in [2.75, 3.05) is 19.7 Å². The molecule has 1 aliphatic rings. The van der Waals surface area contributed by atoms with Gasteiger partial charge in [-0.05, 0) is 51.9 Å². The third-order valence-corrected chi connectivity index (χ3v) is 4.63. The molecule has 0 aromatic rings. The van der Waals surface area contributed by atoms with E-state index in [0.29, 0.717) is 19.6 Å². The first kappa shape index (κ1) is 19.7. The molecule has 0 saturated carbocycles. The number of esters is 1. The zero-order valence-electron chi connectivity index (χ0n) is 15.1. The molecule has 0 bridgehead atoms. The lowest BCUT2D eigenvalue weighted by Gasteiger charge is -2.27. The molecule has 0 saturated heterocycles. The van der Waals surface area contributed by atoms with Crippen LogP contribution >= 0.6 is 0 Å². The van der Waals surface area contributed by atoms with E-state index >= 15 is 0 Å². The van der Waals surface area contributed by atoms with E-state index in [1.54, 1.807) is 6.92 Å². The van der Waals surface area contributed by atoms with Gasteiger partial charge in [0.25, 0.3) is 0 Å². The molecule has 0 aromatic carbocycles. The average molecular weight is 323 g/mol. The van der Waals surface area contributed by atoms with Crippen molar-refractivity contribution in [2.45, 2.75) is 72.1 Å². The molecule has 0 aliphatic heterocycles. The van der Waals surface area contributed by atoms with Gasteiger partial charge in [0.05, 0.1) is 13.0 Å². The maximum Gasteiger partial charge on any atom is 0.307 e. The third kappa shape index (κ3) is 7.19. The number of amides is 1. The maximum absolute atomic E-state index is 12.7. The van der Waals surface area contributed by atoms with E-state index in [0.717, 1.165) is 32.2 Å². The fourth-order valence-electron chi connectivity index (χ4n) is 3.10. The van der Waals surface area contributed by atoms with Crippen molar-refractivity contribution < 1.29 is 14.3 Å². The Morgan fingerprint density at radius 3 is 2.48 bits per heavy atom. The molecular weight excluding hydrogens is 290 g/mol. The lowest BCUT2D eigenvalue weighted by molar-refractivity contribution is -0.144. The number of ether oxygens (including phenoxy) is 1. The molecule has 0 radical (unpaired) electrons. The summed E-state index contributed by atoms with van der Waals surface area (Å²) in [7, 11) is 0. The zero-order valence-corrected chi connectivity index (χ0v) is 15.1. The SMILES string of the molecule is CCOC(=O)CCN(CCC1=CCCCC1)C(=O)C(CC)CC. The minimum Gasteiger partial charge on any atom is -0.466 e. The Balaban J connectivity index is 2.60. The predicted octanol–water partition coefficient (Wildman–Crippen LogP) is 4.09. The smallest absolute Gasteiger partial charge is 0.307 e. The van der Waals surface area contributed by atoms with Crippen LogP contribution in [-0.2, 0) is 14.3 Å². The quantitative estimate of drug-likeness (QED) is 0.449. The Labute approximate surface area is 141 Å². The van der Waals surface area contributed by atoms with Crippen LogP contribution in [0.15, 0.2) is 11.6 Å². The Bertz CT molecular complexity index is 399. The van der Waals surface area contributed by atoms with E-state index in [-0.39, 0.29) is 17.8 Å². The summed E-state index contributed by atoms with van der Waals surface area (Å²) in [6.07, 6.45) is 10.1. The Kier molecular flexibility index (Phi) is 9.65. The normalized spacial score (nSPS) is 14.5. The Morgan fingerprint density at radius 2 is 1.91 bits per heavy atom. The monoisotopic (exact) mass is 323 g/mol. The summed E-state index contributed by atoms with van der Waals surface area (Å²) in [5.74, 6) is 0.0416. The molecule has 0 unspecified atom stereocenters. The van der Waals surface area contributed by atoms with E-state index in [1.807, 2.05) is 4.90 Å². The molecule has 4 heteroatoms. The standard InChI is InChI=1S/C19H33NO3/c1-4-17(5-2)19(22)20(15-13-18(21)23-6-3)14-12-16-10-8-7-9-11-16/h10,17H,4-9,11-15H2,1-3H3. The molecule has 0 aromatic heterocycles. The van der Waals surface area contributed by atoms with E-state index in [1.165, 1.54) is 24.8 Å². The number of allylic oxidation sites excluding steroid dienone is 1. The second kappa shape index (κ2) is 11.3. The fourth-order valence-corrected chi connectivity index (χ4v) is 3.10. The second-order valence-electron chi connectivity index (χ2n) is 6.25. The van der Waals surface area contributed by atoms with E-state index < -0.39 is 0 Å². The topological polar surface area (TPSA) is 46.6 Å². The average Bonchev–Trinajstić information content (AvgIpc) is 2.57. The number of rotatable bonds is 10. The van der Waals surface area contributed by atoms with Crippen molar-refractivity contribution in [1.82, 2.24) is 4.90 Å². The van der Waals surface area contributed by atoms with Gasteiger partial charge in [-0.25, -0.2) is 0 Å². The molecule has 0 heterocycles. The lowest BCUT2D eigenvalue weighted by Crippen LogP contribution is -2.38. The molecule has 1 aliphatic carbocycles. The number of nitrogens with zero attached hydrogens (tertiary/aromatic N) is 1. The van der Waals surface area contributed by atoms with Gasteiger partial charge in [0.15, 0.2) is 0 Å². The van der Waals surface area contributed by atoms with Gasteiger partial charge in [0, 0.05) is 19.0 Å². The molecular formula is C19H33NO3. The van der Waals surface area contributed by atoms with Crippen LogP contribution in [0.3, 0.4) is 0 Å². The van der Waals surface area contributed by atoms with Crippen molar-refractivity contribution in [3.05, 3.63) is 11.6 Å². The Morgan fingerprint density at radius 1 is 1.17 bits per heavy atom. The van der Waals surface area contributed by atoms with Crippen molar-refractivity contribution in [3.8, 4) is 0 Å². The first-order valence-corrected chi connectivity index (χ1v) is 9.24. The molecule has 0 fully saturated rings. The number of hydrogen-bond acceptors (Lipinski definition) is 3. The molecule has 0 N–H and O–H groups in total. The minimum atomic E-state index is -0.216. The molecule has 4 nitrogen and oxygen atoms in total. The van der Waals surface area contributed by atoms with E-state index in [9.17, 15) is 9.59 Å². The van der Waals surface area contributed by atoms with Gasteiger partial charge in [0.1, 0.15) is 0 Å². The van der Waals surface area contributed by atoms with Crippen LogP contribution in [0.2, 0.25) is 0 Å². The third-order valence-electron chi connectivity index (χ3n) is 4.63. The van der Waals surface area contributed by atoms with E-state index in [4.69, 9.17) is 4.74 Å². The zero-order chi connectivity index (χ0) is 17.1. The highest BCUT2D eigenvalue weighted by molar-refractivity contribution is 5.79. The van der Waals surface area contributed by atoms with Crippen molar-refractivity contribution in [3.63, 3.8) is 0 Å². The first-order chi connectivity index (χ1) is 11.1. The van der Waals surface area contributed by atoms with Gasteiger partial charge >= 0.3 is 5.97 Å². The van der Waals surface area contributed by atoms with Crippen LogP contribution in [0.4, 0.5) is 0 Å². The molecule has 23 heavy (non-hydrogen) atoms. The first-order valence-electron chi connectivity index (χ1n) is 9.24. The van der Waals surface area contributed by atoms with E-state index in [2.05, 4.69) is 19.9 Å². The van der Waals surface area contributed by atoms with Crippen LogP contribution in [-0.4, -0.2) is 36.5 Å². The van der Waals surface area contributed by atoms with Crippen LogP contribution in [0.5, 0.6) is 0 Å². The van der Waals surface area contributed by atoms with Crippen molar-refractivity contribution in [2.24, 2.45) is 5.92 Å². The summed E-state index contributed by atoms with van der Waals surface area (Å²) in [5, 5.41) is 0. The van der Waals surface area contributed by atoms with Crippen LogP contribution in [0.1, 0.15) is 72.1 Å². The van der Waals surface area contributed by atoms with Gasteiger partial charge in [-0.3, -0.25) is 9.59 Å². The molecule has 0 atom stereocenters. The van der Waals surface area contributed by atoms with Gasteiger partial charge in [0.2, 0.25) is 5.91 Å². The van der Waals surface area contributed by atoms with Crippen LogP contribution in [0, 0.1) is 5.92 Å². The summed E-state index contributed by atoms with van der Waals surface area (Å²) >= 11 is 0. The maximum atomic E-state index is 12.7. The summed E-state index contributed by atoms with van der Waals surface area (Å²) in [6.45, 7) is 7.51. The molecule has 1 rings (SSSR count). The van der Waals surface area contributed by atoms with Gasteiger partial charge in [-0.1, -0.05) is 25.5 Å². The van der Waals surface area contributed by atoms with Crippen LogP contribution < -0.4 is 0 Å². The second-order valence-corrected chi connectivity index (χ2v) is 6.25. The van der Waals surface area contributed by atoms with Crippen LogP contribution in [0.25, 0.3) is 0 Å². The van der Waals surface area contributed by atoms with Crippen molar-refractivity contribution >= 4 is 11.9 Å². The van der Waals surface area contributed by atoms with Gasteiger partial charge < -0.3 is 9.64 Å². The minimum absolute atomic E-state index is 0.0672. The summed E-state index contributed by atoms with van der Waals surface area (Å²) < 4.78 is 4.99. The highest BCUT2D eigenvalue weighted by Gasteiger charge is 2.22. The largest absolute Gasteiger partial charge is 0.466 e. The van der Waals surface area contributed by atoms with Gasteiger partial charge in [-0.2, -0.15) is 0 Å². The van der Waals surface area contributed by atoms with Gasteiger partial charge in [-0.15, -0.1) is 0 Å². The highest BCUT2D eigenvalue weighted by atomic mass is 16.5. The fraction of sp³-hybridized carbons (Fsp3) is 0.789. The molecule has 0 spiro atoms. The summed E-state index contributed by atoms with van der Waals surface area (Å²) in [5.41, 5.74) is 1.47. The molecule has 132 valence electrons. The molecule has 1 amide bonds. The Hall–Kier alpha value is -1.32. The number of carbonyl (C=O) groups is 2. The lowest BCUT2D eigenvalue weighted by atomic mass is 9.96. The number of carbonyl (C=O) groups excluding carboxylic acids is 2.